The number of nitrogens with zero attached hydrogens (tertiary/aromatic N) is 1. The Labute approximate surface area is 147 Å². The predicted octanol–water partition coefficient (Wildman–Crippen LogP) is 2.06. The number of hydrogen-bond acceptors (Lipinski definition) is 4. The third-order valence-corrected chi connectivity index (χ3v) is 6.02. The van der Waals surface area contributed by atoms with Gasteiger partial charge in [-0.05, 0) is 42.3 Å². The molecule has 25 heavy (non-hydrogen) atoms. The summed E-state index contributed by atoms with van der Waals surface area (Å²) >= 11 is 0. The monoisotopic (exact) mass is 362 g/mol. The first kappa shape index (κ1) is 17.8. The van der Waals surface area contributed by atoms with E-state index in [4.69, 9.17) is 5.11 Å². The summed E-state index contributed by atoms with van der Waals surface area (Å²) in [5.41, 5.74) is 0. The molecule has 1 aliphatic rings. The summed E-state index contributed by atoms with van der Waals surface area (Å²) < 4.78 is 28.2. The normalized spacial score (nSPS) is 19.1. The second kappa shape index (κ2) is 7.51. The van der Waals surface area contributed by atoms with Crippen molar-refractivity contribution in [1.82, 2.24) is 9.62 Å². The smallest absolute Gasteiger partial charge is 0.304 e. The predicted molar refractivity (Wildman–Crippen MR) is 96.0 cm³/mol. The first-order valence-corrected chi connectivity index (χ1v) is 9.88. The van der Waals surface area contributed by atoms with Crippen molar-refractivity contribution >= 4 is 26.8 Å². The van der Waals surface area contributed by atoms with Crippen LogP contribution in [-0.4, -0.2) is 50.1 Å². The molecule has 0 amide bonds. The van der Waals surface area contributed by atoms with E-state index in [9.17, 15) is 13.2 Å². The number of nitrogens with one attached hydrogen (secondary N) is 1. The highest BCUT2D eigenvalue weighted by atomic mass is 32.2. The van der Waals surface area contributed by atoms with Gasteiger partial charge in [-0.2, -0.15) is 0 Å². The van der Waals surface area contributed by atoms with Crippen LogP contribution in [0.1, 0.15) is 19.3 Å². The van der Waals surface area contributed by atoms with Gasteiger partial charge in [-0.1, -0.05) is 30.3 Å². The van der Waals surface area contributed by atoms with E-state index in [0.29, 0.717) is 13.1 Å². The minimum atomic E-state index is -3.60. The average molecular weight is 362 g/mol. The van der Waals surface area contributed by atoms with Crippen molar-refractivity contribution in [2.45, 2.75) is 30.2 Å². The molecule has 0 aliphatic carbocycles. The van der Waals surface area contributed by atoms with Gasteiger partial charge in [0.1, 0.15) is 0 Å². The maximum Gasteiger partial charge on any atom is 0.304 e. The van der Waals surface area contributed by atoms with Crippen molar-refractivity contribution in [3.8, 4) is 0 Å². The summed E-state index contributed by atoms with van der Waals surface area (Å²) in [7, 11) is -3.60. The van der Waals surface area contributed by atoms with Crippen molar-refractivity contribution in [2.24, 2.45) is 0 Å². The standard InChI is InChI=1S/C18H22N2O4S/c21-18(22)9-11-20-10-3-6-16(13-20)19-25(23,24)17-8-7-14-4-1-2-5-15(14)12-17/h1-2,4-5,7-8,12,16,19H,3,6,9-11,13H2,(H,21,22). The van der Waals surface area contributed by atoms with Crippen LogP contribution >= 0.6 is 0 Å². The number of carboxylic acids is 1. The van der Waals surface area contributed by atoms with Crippen LogP contribution in [0, 0.1) is 0 Å². The number of fused-ring (bicyclic) bond motifs is 1. The Kier molecular flexibility index (Phi) is 5.36. The summed E-state index contributed by atoms with van der Waals surface area (Å²) in [5, 5.41) is 10.7. The second-order valence-corrected chi connectivity index (χ2v) is 8.13. The molecule has 1 atom stereocenters. The molecule has 0 radical (unpaired) electrons. The van der Waals surface area contributed by atoms with Gasteiger partial charge in [0.25, 0.3) is 0 Å². The van der Waals surface area contributed by atoms with Gasteiger partial charge in [-0.15, -0.1) is 0 Å². The van der Waals surface area contributed by atoms with Crippen molar-refractivity contribution in [2.75, 3.05) is 19.6 Å². The van der Waals surface area contributed by atoms with Gasteiger partial charge < -0.3 is 10.0 Å². The molecular formula is C18H22N2O4S. The number of piperidine rings is 1. The summed E-state index contributed by atoms with van der Waals surface area (Å²) in [6.07, 6.45) is 1.69. The van der Waals surface area contributed by atoms with E-state index in [1.807, 2.05) is 35.2 Å². The molecule has 1 unspecified atom stereocenters. The molecule has 6 nitrogen and oxygen atoms in total. The number of hydrogen-bond donors (Lipinski definition) is 2. The van der Waals surface area contributed by atoms with Crippen LogP contribution in [0.3, 0.4) is 0 Å². The molecule has 1 aliphatic heterocycles. The van der Waals surface area contributed by atoms with Gasteiger partial charge in [0, 0.05) is 19.1 Å². The zero-order chi connectivity index (χ0) is 17.9. The highest BCUT2D eigenvalue weighted by Gasteiger charge is 2.25. The summed E-state index contributed by atoms with van der Waals surface area (Å²) in [5.74, 6) is -0.834. The lowest BCUT2D eigenvalue weighted by Crippen LogP contribution is -2.48. The lowest BCUT2D eigenvalue weighted by molar-refractivity contribution is -0.137. The zero-order valence-electron chi connectivity index (χ0n) is 13.9. The SMILES string of the molecule is O=C(O)CCN1CCCC(NS(=O)(=O)c2ccc3ccccc3c2)C1. The molecule has 0 saturated carbocycles. The molecule has 1 saturated heterocycles. The maximum atomic E-state index is 12.7. The average Bonchev–Trinajstić information content (AvgIpc) is 2.59. The molecule has 1 fully saturated rings. The van der Waals surface area contributed by atoms with E-state index in [1.165, 1.54) is 0 Å². The fourth-order valence-electron chi connectivity index (χ4n) is 3.23. The molecule has 1 heterocycles. The molecular weight excluding hydrogens is 340 g/mol. The van der Waals surface area contributed by atoms with Crippen molar-refractivity contribution in [1.29, 1.82) is 0 Å². The maximum absolute atomic E-state index is 12.7. The first-order valence-electron chi connectivity index (χ1n) is 8.39. The number of benzene rings is 2. The van der Waals surface area contributed by atoms with Crippen LogP contribution in [0.5, 0.6) is 0 Å². The van der Waals surface area contributed by atoms with Gasteiger partial charge in [0.05, 0.1) is 11.3 Å². The van der Waals surface area contributed by atoms with Gasteiger partial charge in [-0.3, -0.25) is 4.79 Å². The number of likely N-dealkylation sites (tertiary alicyclic amines) is 1. The van der Waals surface area contributed by atoms with Crippen LogP contribution in [0.15, 0.2) is 47.4 Å². The molecule has 2 N–H and O–H groups in total. The zero-order valence-corrected chi connectivity index (χ0v) is 14.7. The highest BCUT2D eigenvalue weighted by Crippen LogP contribution is 2.20. The topological polar surface area (TPSA) is 86.7 Å². The third kappa shape index (κ3) is 4.56. The molecule has 2 aromatic rings. The van der Waals surface area contributed by atoms with Crippen molar-refractivity contribution < 1.29 is 18.3 Å². The summed E-state index contributed by atoms with van der Waals surface area (Å²) in [6, 6.07) is 12.6. The van der Waals surface area contributed by atoms with Crippen molar-refractivity contribution in [3.05, 3.63) is 42.5 Å². The molecule has 0 spiro atoms. The Hall–Kier alpha value is -1.96. The lowest BCUT2D eigenvalue weighted by atomic mass is 10.1. The van der Waals surface area contributed by atoms with Crippen LogP contribution in [-0.2, 0) is 14.8 Å². The number of aliphatic carboxylic acids is 1. The quantitative estimate of drug-likeness (QED) is 0.821. The minimum absolute atomic E-state index is 0.0736. The molecule has 0 aromatic heterocycles. The Morgan fingerprint density at radius 2 is 1.96 bits per heavy atom. The Morgan fingerprint density at radius 1 is 1.20 bits per heavy atom. The van der Waals surface area contributed by atoms with Gasteiger partial charge in [0.2, 0.25) is 10.0 Å². The number of sulfonamides is 1. The Bertz CT molecular complexity index is 866. The van der Waals surface area contributed by atoms with Crippen molar-refractivity contribution in [3.63, 3.8) is 0 Å². The number of carboxylic acid groups (broad SMARTS) is 1. The largest absolute Gasteiger partial charge is 0.481 e. The Morgan fingerprint density at radius 3 is 2.72 bits per heavy atom. The van der Waals surface area contributed by atoms with E-state index in [1.54, 1.807) is 12.1 Å². The van der Waals surface area contributed by atoms with Crippen LogP contribution in [0.2, 0.25) is 0 Å². The molecule has 3 rings (SSSR count). The minimum Gasteiger partial charge on any atom is -0.481 e. The fourth-order valence-corrected chi connectivity index (χ4v) is 4.53. The molecule has 7 heteroatoms. The molecule has 0 bridgehead atoms. The Balaban J connectivity index is 1.70. The van der Waals surface area contributed by atoms with Crippen LogP contribution < -0.4 is 4.72 Å². The van der Waals surface area contributed by atoms with Crippen LogP contribution in [0.25, 0.3) is 10.8 Å². The van der Waals surface area contributed by atoms with Gasteiger partial charge >= 0.3 is 5.97 Å². The molecule has 134 valence electrons. The van der Waals surface area contributed by atoms with E-state index in [-0.39, 0.29) is 17.4 Å². The van der Waals surface area contributed by atoms with E-state index < -0.39 is 16.0 Å². The summed E-state index contributed by atoms with van der Waals surface area (Å²) in [4.78, 5) is 13.0. The van der Waals surface area contributed by atoms with E-state index >= 15 is 0 Å². The van der Waals surface area contributed by atoms with Crippen LogP contribution in [0.4, 0.5) is 0 Å². The molecule has 2 aromatic carbocycles. The number of carbonyl (C=O) groups is 1. The van der Waals surface area contributed by atoms with E-state index in [0.717, 1.165) is 30.2 Å². The van der Waals surface area contributed by atoms with E-state index in [2.05, 4.69) is 4.72 Å². The highest BCUT2D eigenvalue weighted by molar-refractivity contribution is 7.89. The van der Waals surface area contributed by atoms with Gasteiger partial charge in [0.15, 0.2) is 0 Å². The summed E-state index contributed by atoms with van der Waals surface area (Å²) in [6.45, 7) is 1.80. The third-order valence-electron chi connectivity index (χ3n) is 4.50. The fraction of sp³-hybridized carbons (Fsp3) is 0.389. The lowest BCUT2D eigenvalue weighted by Gasteiger charge is -2.32. The second-order valence-electron chi connectivity index (χ2n) is 6.41. The van der Waals surface area contributed by atoms with Gasteiger partial charge in [-0.25, -0.2) is 13.1 Å². The number of rotatable bonds is 6. The first-order chi connectivity index (χ1) is 11.9.